The van der Waals surface area contributed by atoms with Crippen LogP contribution in [0.15, 0.2) is 42.5 Å². The Hall–Kier alpha value is -2.84. The molecule has 2 aliphatic rings. The van der Waals surface area contributed by atoms with Gasteiger partial charge in [0.25, 0.3) is 17.7 Å². The van der Waals surface area contributed by atoms with Crippen LogP contribution < -0.4 is 9.64 Å². The molecule has 0 saturated carbocycles. The van der Waals surface area contributed by atoms with Crippen molar-refractivity contribution in [3.63, 3.8) is 0 Å². The molecule has 3 aromatic carbocycles. The van der Waals surface area contributed by atoms with Gasteiger partial charge in [-0.1, -0.05) is 64.6 Å². The van der Waals surface area contributed by atoms with E-state index in [1.165, 1.54) is 11.0 Å². The average molecular weight is 582 g/mol. The number of β-lactam (4-membered cyclic amide) rings is 1. The normalized spacial score (nSPS) is 18.8. The number of nitrogens with zero attached hydrogens (tertiary/aromatic N) is 2. The number of aryl methyl sites for hydroxylation is 1. The molecule has 37 heavy (non-hydrogen) atoms. The molecule has 2 heterocycles. The summed E-state index contributed by atoms with van der Waals surface area (Å²) < 4.78 is 19.9. The molecule has 2 aliphatic heterocycles. The van der Waals surface area contributed by atoms with Gasteiger partial charge in [0.15, 0.2) is 0 Å². The summed E-state index contributed by atoms with van der Waals surface area (Å²) in [7, 11) is 0. The second-order valence-corrected chi connectivity index (χ2v) is 10.0. The van der Waals surface area contributed by atoms with Gasteiger partial charge in [0.05, 0.1) is 43.9 Å². The zero-order valence-electron chi connectivity index (χ0n) is 19.3. The van der Waals surface area contributed by atoms with Gasteiger partial charge in [0.2, 0.25) is 0 Å². The van der Waals surface area contributed by atoms with Gasteiger partial charge in [0.1, 0.15) is 17.6 Å². The van der Waals surface area contributed by atoms with Crippen molar-refractivity contribution in [2.75, 3.05) is 11.5 Å². The molecule has 2 atom stereocenters. The van der Waals surface area contributed by atoms with Crippen LogP contribution in [0.5, 0.6) is 5.75 Å². The number of fused-ring (bicyclic) bond motifs is 1. The highest BCUT2D eigenvalue weighted by Crippen LogP contribution is 2.49. The fourth-order valence-electron chi connectivity index (χ4n) is 4.62. The van der Waals surface area contributed by atoms with Crippen molar-refractivity contribution < 1.29 is 23.5 Å². The van der Waals surface area contributed by atoms with E-state index in [2.05, 4.69) is 0 Å². The maximum Gasteiger partial charge on any atom is 0.264 e. The summed E-state index contributed by atoms with van der Waals surface area (Å²) in [5.74, 6) is -2.13. The quantitative estimate of drug-likeness (QED) is 0.142. The molecule has 0 radical (unpaired) electrons. The lowest BCUT2D eigenvalue weighted by molar-refractivity contribution is -0.130. The van der Waals surface area contributed by atoms with Crippen LogP contribution >= 0.6 is 46.4 Å². The molecule has 3 aromatic rings. The first kappa shape index (κ1) is 25.8. The number of amides is 3. The van der Waals surface area contributed by atoms with Crippen molar-refractivity contribution in [2.24, 2.45) is 0 Å². The third kappa shape index (κ3) is 3.87. The molecule has 0 N–H and O–H groups in total. The van der Waals surface area contributed by atoms with Crippen LogP contribution in [0.3, 0.4) is 0 Å². The maximum atomic E-state index is 14.4. The van der Waals surface area contributed by atoms with Crippen LogP contribution in [0.4, 0.5) is 10.1 Å². The van der Waals surface area contributed by atoms with Crippen LogP contribution in [0.1, 0.15) is 44.8 Å². The molecule has 6 nitrogen and oxygen atoms in total. The Balaban J connectivity index is 1.62. The number of benzene rings is 3. The average Bonchev–Trinajstić information content (AvgIpc) is 3.13. The van der Waals surface area contributed by atoms with E-state index >= 15 is 0 Å². The van der Waals surface area contributed by atoms with E-state index in [1.54, 1.807) is 43.3 Å². The Morgan fingerprint density at radius 3 is 1.89 bits per heavy atom. The van der Waals surface area contributed by atoms with Crippen molar-refractivity contribution in [3.8, 4) is 5.75 Å². The molecule has 0 aromatic heterocycles. The van der Waals surface area contributed by atoms with Crippen LogP contribution in [-0.2, 0) is 4.79 Å². The van der Waals surface area contributed by atoms with E-state index in [1.807, 2.05) is 6.92 Å². The predicted molar refractivity (Wildman–Crippen MR) is 140 cm³/mol. The molecule has 190 valence electrons. The molecule has 1 fully saturated rings. The number of rotatable bonds is 5. The molecule has 1 saturated heterocycles. The van der Waals surface area contributed by atoms with Crippen LogP contribution in [0, 0.1) is 12.7 Å². The third-order valence-electron chi connectivity index (χ3n) is 6.44. The van der Waals surface area contributed by atoms with Gasteiger partial charge in [-0.15, -0.1) is 0 Å². The van der Waals surface area contributed by atoms with Gasteiger partial charge in [-0.3, -0.25) is 19.3 Å². The summed E-state index contributed by atoms with van der Waals surface area (Å²) in [6, 6.07) is 9.17. The van der Waals surface area contributed by atoms with Gasteiger partial charge in [-0.25, -0.2) is 4.39 Å². The molecule has 0 aliphatic carbocycles. The fraction of sp³-hybridized carbons (Fsp3) is 0.192. The van der Waals surface area contributed by atoms with E-state index in [-0.39, 0.29) is 36.9 Å². The third-order valence-corrected chi connectivity index (χ3v) is 8.25. The first-order valence-electron chi connectivity index (χ1n) is 11.1. The monoisotopic (exact) mass is 580 g/mol. The smallest absolute Gasteiger partial charge is 0.264 e. The van der Waals surface area contributed by atoms with E-state index in [0.717, 1.165) is 4.90 Å². The van der Waals surface area contributed by atoms with E-state index in [0.29, 0.717) is 23.5 Å². The van der Waals surface area contributed by atoms with Crippen molar-refractivity contribution in [1.29, 1.82) is 0 Å². The maximum absolute atomic E-state index is 14.4. The molecular formula is C26H17Cl4FN2O4. The van der Waals surface area contributed by atoms with E-state index in [9.17, 15) is 18.8 Å². The zero-order chi connectivity index (χ0) is 26.8. The van der Waals surface area contributed by atoms with Crippen molar-refractivity contribution >= 4 is 69.8 Å². The fourth-order valence-corrected chi connectivity index (χ4v) is 5.64. The Morgan fingerprint density at radius 2 is 1.38 bits per heavy atom. The second kappa shape index (κ2) is 9.48. The number of halogens is 5. The Kier molecular flexibility index (Phi) is 6.61. The summed E-state index contributed by atoms with van der Waals surface area (Å²) in [6.07, 6.45) is 0. The molecule has 3 amide bonds. The molecular weight excluding hydrogens is 565 g/mol. The number of carbonyl (C=O) groups excluding carboxylic acids is 3. The first-order valence-corrected chi connectivity index (χ1v) is 12.6. The molecule has 5 rings (SSSR count). The number of anilines is 1. The van der Waals surface area contributed by atoms with Crippen LogP contribution in [0.25, 0.3) is 0 Å². The number of carbonyl (C=O) groups is 3. The lowest BCUT2D eigenvalue weighted by Gasteiger charge is -2.49. The number of hydrogen-bond acceptors (Lipinski definition) is 4. The van der Waals surface area contributed by atoms with Crippen LogP contribution in [0.2, 0.25) is 20.1 Å². The van der Waals surface area contributed by atoms with Gasteiger partial charge in [-0.2, -0.15) is 0 Å². The molecule has 0 bridgehead atoms. The van der Waals surface area contributed by atoms with Gasteiger partial charge in [0, 0.05) is 5.69 Å². The highest BCUT2D eigenvalue weighted by Gasteiger charge is 2.58. The summed E-state index contributed by atoms with van der Waals surface area (Å²) in [6.45, 7) is 3.91. The Morgan fingerprint density at radius 1 is 0.811 bits per heavy atom. The van der Waals surface area contributed by atoms with Gasteiger partial charge in [-0.05, 0) is 49.2 Å². The highest BCUT2D eigenvalue weighted by molar-refractivity contribution is 6.55. The second-order valence-electron chi connectivity index (χ2n) is 8.52. The lowest BCUT2D eigenvalue weighted by atomic mass is 9.86. The summed E-state index contributed by atoms with van der Waals surface area (Å²) in [5.41, 5.74) is 0.846. The van der Waals surface area contributed by atoms with E-state index in [4.69, 9.17) is 51.1 Å². The molecule has 0 unspecified atom stereocenters. The van der Waals surface area contributed by atoms with Crippen molar-refractivity contribution in [3.05, 3.63) is 90.6 Å². The van der Waals surface area contributed by atoms with Crippen molar-refractivity contribution in [1.82, 2.24) is 4.90 Å². The summed E-state index contributed by atoms with van der Waals surface area (Å²) >= 11 is 24.8. The zero-order valence-corrected chi connectivity index (χ0v) is 22.3. The molecule has 0 spiro atoms. The first-order chi connectivity index (χ1) is 17.6. The lowest BCUT2D eigenvalue weighted by Crippen LogP contribution is -2.67. The SMILES string of the molecule is CCOc1ccc([C@@H]2[C@H](N3C(=O)c4c(Cl)c(Cl)c(Cl)c(Cl)c4C3=O)C(=O)N2c2ccc(C)c(F)c2)cc1. The van der Waals surface area contributed by atoms with Gasteiger partial charge >= 0.3 is 0 Å². The highest BCUT2D eigenvalue weighted by atomic mass is 35.5. The summed E-state index contributed by atoms with van der Waals surface area (Å²) in [4.78, 5) is 42.7. The summed E-state index contributed by atoms with van der Waals surface area (Å²) in [5, 5.41) is -0.799. The Labute approximate surface area is 231 Å². The molecule has 11 heteroatoms. The minimum absolute atomic E-state index is 0.171. The Bertz CT molecular complexity index is 1450. The predicted octanol–water partition coefficient (Wildman–Crippen LogP) is 6.90. The topological polar surface area (TPSA) is 66.9 Å². The van der Waals surface area contributed by atoms with Crippen LogP contribution in [-0.4, -0.2) is 35.3 Å². The van der Waals surface area contributed by atoms with E-state index < -0.39 is 35.6 Å². The van der Waals surface area contributed by atoms with Gasteiger partial charge < -0.3 is 9.64 Å². The number of hydrogen-bond donors (Lipinski definition) is 0. The minimum Gasteiger partial charge on any atom is -0.494 e. The largest absolute Gasteiger partial charge is 0.494 e. The number of imide groups is 1. The standard InChI is InChI=1S/C26H17Cl4FN2O4/c1-3-37-14-8-5-12(6-9-14)22-23(26(36)32(22)13-7-4-11(2)15(31)10-13)33-24(34)16-17(25(33)35)19(28)21(30)20(29)18(16)27/h4-10,22-23H,3H2,1-2H3/t22-,23+/m1/s1. The van der Waals surface area contributed by atoms with Crippen molar-refractivity contribution in [2.45, 2.75) is 25.9 Å². The number of ether oxygens (including phenoxy) is 1. The minimum atomic E-state index is -1.25.